The Bertz CT molecular complexity index is 1400. The van der Waals surface area contributed by atoms with E-state index in [4.69, 9.17) is 11.6 Å². The summed E-state index contributed by atoms with van der Waals surface area (Å²) < 4.78 is 15.8. The number of fused-ring (bicyclic) bond motifs is 1. The lowest BCUT2D eigenvalue weighted by Crippen LogP contribution is -2.25. The van der Waals surface area contributed by atoms with E-state index in [2.05, 4.69) is 10.3 Å². The Morgan fingerprint density at radius 3 is 2.47 bits per heavy atom. The van der Waals surface area contributed by atoms with Crippen molar-refractivity contribution in [2.45, 2.75) is 19.3 Å². The molecule has 172 valence electrons. The van der Waals surface area contributed by atoms with Crippen molar-refractivity contribution in [2.75, 3.05) is 5.32 Å². The molecular formula is C26H20ClFN2O3S. The largest absolute Gasteiger partial charge is 0.481 e. The van der Waals surface area contributed by atoms with E-state index >= 15 is 0 Å². The molecule has 3 aromatic carbocycles. The Hall–Kier alpha value is -3.29. The number of carbonyl (C=O) groups is 2. The topological polar surface area (TPSA) is 79.3 Å². The highest BCUT2D eigenvalue weighted by molar-refractivity contribution is 7.22. The molecule has 0 saturated heterocycles. The van der Waals surface area contributed by atoms with Crippen LogP contribution in [0.1, 0.15) is 29.6 Å². The molecule has 1 aromatic heterocycles. The van der Waals surface area contributed by atoms with Gasteiger partial charge in [0, 0.05) is 16.5 Å². The number of halogens is 2. The normalized spacial score (nSPS) is 17.7. The van der Waals surface area contributed by atoms with Gasteiger partial charge < -0.3 is 10.4 Å². The number of aromatic nitrogens is 1. The SMILES string of the molecule is O=C(O)[C@H]1CCC[C@@H]1C(=O)c1ccc(-c2ccc(Nc3nc4ccc(Cl)cc4s3)c(F)c2)cc1. The Labute approximate surface area is 204 Å². The summed E-state index contributed by atoms with van der Waals surface area (Å²) in [5, 5.41) is 13.6. The van der Waals surface area contributed by atoms with Crippen LogP contribution in [-0.2, 0) is 4.79 Å². The number of nitrogens with zero attached hydrogens (tertiary/aromatic N) is 1. The number of carboxylic acid groups (broad SMARTS) is 1. The number of benzene rings is 3. The highest BCUT2D eigenvalue weighted by atomic mass is 35.5. The molecule has 1 fully saturated rings. The van der Waals surface area contributed by atoms with E-state index in [1.165, 1.54) is 17.4 Å². The van der Waals surface area contributed by atoms with Crippen LogP contribution in [0, 0.1) is 17.7 Å². The first-order valence-corrected chi connectivity index (χ1v) is 12.1. The summed E-state index contributed by atoms with van der Waals surface area (Å²) in [5.41, 5.74) is 3.01. The van der Waals surface area contributed by atoms with E-state index in [0.29, 0.717) is 39.8 Å². The third kappa shape index (κ3) is 4.41. The van der Waals surface area contributed by atoms with Gasteiger partial charge in [0.15, 0.2) is 10.9 Å². The highest BCUT2D eigenvalue weighted by Gasteiger charge is 2.37. The fourth-order valence-electron chi connectivity index (χ4n) is 4.47. The minimum atomic E-state index is -0.911. The number of carboxylic acids is 1. The summed E-state index contributed by atoms with van der Waals surface area (Å²) >= 11 is 7.41. The minimum Gasteiger partial charge on any atom is -0.481 e. The summed E-state index contributed by atoms with van der Waals surface area (Å²) in [6.07, 6.45) is 1.88. The molecule has 2 atom stereocenters. The lowest BCUT2D eigenvalue weighted by molar-refractivity contribution is -0.142. The van der Waals surface area contributed by atoms with Crippen LogP contribution in [0.2, 0.25) is 5.02 Å². The van der Waals surface area contributed by atoms with Crippen molar-refractivity contribution in [1.29, 1.82) is 0 Å². The first-order valence-electron chi connectivity index (χ1n) is 10.9. The molecule has 0 unspecified atom stereocenters. The van der Waals surface area contributed by atoms with E-state index in [-0.39, 0.29) is 5.78 Å². The quantitative estimate of drug-likeness (QED) is 0.277. The van der Waals surface area contributed by atoms with Crippen LogP contribution in [0.25, 0.3) is 21.3 Å². The van der Waals surface area contributed by atoms with Crippen molar-refractivity contribution < 1.29 is 19.1 Å². The van der Waals surface area contributed by atoms with E-state index in [1.54, 1.807) is 42.5 Å². The van der Waals surface area contributed by atoms with Crippen LogP contribution in [0.5, 0.6) is 0 Å². The van der Waals surface area contributed by atoms with Gasteiger partial charge in [-0.2, -0.15) is 0 Å². The number of anilines is 2. The zero-order chi connectivity index (χ0) is 23.8. The zero-order valence-electron chi connectivity index (χ0n) is 17.9. The zero-order valence-corrected chi connectivity index (χ0v) is 19.5. The molecule has 0 bridgehead atoms. The maximum absolute atomic E-state index is 14.9. The van der Waals surface area contributed by atoms with Crippen molar-refractivity contribution >= 4 is 55.7 Å². The molecule has 1 aliphatic carbocycles. The van der Waals surface area contributed by atoms with Crippen molar-refractivity contribution in [1.82, 2.24) is 4.98 Å². The van der Waals surface area contributed by atoms with Crippen LogP contribution in [0.15, 0.2) is 60.7 Å². The fraction of sp³-hybridized carbons (Fsp3) is 0.192. The van der Waals surface area contributed by atoms with Gasteiger partial charge in [0.1, 0.15) is 5.82 Å². The van der Waals surface area contributed by atoms with Crippen LogP contribution in [0.4, 0.5) is 15.2 Å². The Kier molecular flexibility index (Phi) is 6.06. The molecule has 1 saturated carbocycles. The lowest BCUT2D eigenvalue weighted by atomic mass is 9.88. The second-order valence-electron chi connectivity index (χ2n) is 8.37. The fourth-order valence-corrected chi connectivity index (χ4v) is 5.63. The number of rotatable bonds is 6. The van der Waals surface area contributed by atoms with E-state index in [0.717, 1.165) is 22.2 Å². The molecule has 0 spiro atoms. The molecule has 4 aromatic rings. The average Bonchev–Trinajstić information content (AvgIpc) is 3.47. The van der Waals surface area contributed by atoms with Crippen molar-refractivity contribution in [3.05, 3.63) is 77.1 Å². The number of ketones is 1. The van der Waals surface area contributed by atoms with Crippen LogP contribution >= 0.6 is 22.9 Å². The monoisotopic (exact) mass is 494 g/mol. The molecule has 34 heavy (non-hydrogen) atoms. The van der Waals surface area contributed by atoms with Crippen molar-refractivity contribution in [3.8, 4) is 11.1 Å². The number of Topliss-reactive ketones (excluding diaryl/α,β-unsaturated/α-hetero) is 1. The van der Waals surface area contributed by atoms with E-state index in [9.17, 15) is 19.1 Å². The first kappa shape index (κ1) is 22.5. The lowest BCUT2D eigenvalue weighted by Gasteiger charge is -2.15. The van der Waals surface area contributed by atoms with Gasteiger partial charge in [0.2, 0.25) is 0 Å². The summed E-state index contributed by atoms with van der Waals surface area (Å²) in [7, 11) is 0. The van der Waals surface area contributed by atoms with Crippen LogP contribution in [-0.4, -0.2) is 21.8 Å². The van der Waals surface area contributed by atoms with Crippen LogP contribution < -0.4 is 5.32 Å². The van der Waals surface area contributed by atoms with Gasteiger partial charge in [-0.3, -0.25) is 9.59 Å². The van der Waals surface area contributed by atoms with Crippen molar-refractivity contribution in [2.24, 2.45) is 11.8 Å². The number of nitrogens with one attached hydrogen (secondary N) is 1. The second-order valence-corrected chi connectivity index (χ2v) is 9.84. The molecule has 8 heteroatoms. The number of thiazole rings is 1. The third-order valence-electron chi connectivity index (χ3n) is 6.23. The van der Waals surface area contributed by atoms with Gasteiger partial charge in [-0.25, -0.2) is 9.37 Å². The molecule has 2 N–H and O–H groups in total. The predicted molar refractivity (Wildman–Crippen MR) is 133 cm³/mol. The van der Waals surface area contributed by atoms with Gasteiger partial charge in [0.05, 0.1) is 21.8 Å². The molecule has 0 radical (unpaired) electrons. The summed E-state index contributed by atoms with van der Waals surface area (Å²) in [4.78, 5) is 28.7. The van der Waals surface area contributed by atoms with Gasteiger partial charge in [-0.1, -0.05) is 59.7 Å². The molecule has 1 heterocycles. The van der Waals surface area contributed by atoms with Gasteiger partial charge in [-0.05, 0) is 54.3 Å². The predicted octanol–water partition coefficient (Wildman–Crippen LogP) is 7.18. The van der Waals surface area contributed by atoms with E-state index in [1.807, 2.05) is 12.1 Å². The smallest absolute Gasteiger partial charge is 0.307 e. The number of hydrogen-bond donors (Lipinski definition) is 2. The second kappa shape index (κ2) is 9.16. The molecule has 0 amide bonds. The maximum atomic E-state index is 14.9. The first-order chi connectivity index (χ1) is 16.4. The van der Waals surface area contributed by atoms with Crippen molar-refractivity contribution in [3.63, 3.8) is 0 Å². The highest BCUT2D eigenvalue weighted by Crippen LogP contribution is 2.35. The number of carbonyl (C=O) groups excluding carboxylic acids is 1. The summed E-state index contributed by atoms with van der Waals surface area (Å²) in [6, 6.07) is 17.2. The molecule has 5 nitrogen and oxygen atoms in total. The number of aliphatic carboxylic acids is 1. The van der Waals surface area contributed by atoms with E-state index < -0.39 is 23.6 Å². The summed E-state index contributed by atoms with van der Waals surface area (Å²) in [6.45, 7) is 0. The molecule has 5 rings (SSSR count). The van der Waals surface area contributed by atoms with Gasteiger partial charge >= 0.3 is 5.97 Å². The Morgan fingerprint density at radius 2 is 1.74 bits per heavy atom. The Morgan fingerprint density at radius 1 is 1.00 bits per heavy atom. The van der Waals surface area contributed by atoms with Crippen LogP contribution in [0.3, 0.4) is 0 Å². The molecule has 1 aliphatic rings. The van der Waals surface area contributed by atoms with Gasteiger partial charge in [0.25, 0.3) is 0 Å². The Balaban J connectivity index is 1.32. The minimum absolute atomic E-state index is 0.140. The molecule has 0 aliphatic heterocycles. The molecular weight excluding hydrogens is 475 g/mol. The number of hydrogen-bond acceptors (Lipinski definition) is 5. The average molecular weight is 495 g/mol. The summed E-state index contributed by atoms with van der Waals surface area (Å²) in [5.74, 6) is -2.57. The standard InChI is InChI=1S/C26H20ClFN2O3S/c27-17-9-11-22-23(13-17)34-26(30-22)29-21-10-8-16(12-20(21)28)14-4-6-15(7-5-14)24(31)18-2-1-3-19(18)25(32)33/h4-13,18-19H,1-3H2,(H,29,30)(H,32,33)/t18-,19-/m0/s1. The van der Waals surface area contributed by atoms with Gasteiger partial charge in [-0.15, -0.1) is 0 Å². The maximum Gasteiger partial charge on any atom is 0.307 e. The third-order valence-corrected chi connectivity index (χ3v) is 7.40.